The molecular formula is C26H22N2O3. The van der Waals surface area contributed by atoms with E-state index in [1.165, 1.54) is 22.3 Å². The summed E-state index contributed by atoms with van der Waals surface area (Å²) in [6.45, 7) is 0.582. The van der Waals surface area contributed by atoms with Gasteiger partial charge < -0.3 is 14.8 Å². The largest absolute Gasteiger partial charge is 0.496 e. The molecule has 0 fully saturated rings. The molecule has 1 aliphatic carbocycles. The lowest BCUT2D eigenvalue weighted by atomic mass is 9.98. The first-order valence-electron chi connectivity index (χ1n) is 10.0. The zero-order valence-corrected chi connectivity index (χ0v) is 17.2. The molecule has 5 heteroatoms. The first kappa shape index (κ1) is 20.2. The number of ether oxygens (including phenoxy) is 2. The Balaban J connectivity index is 1.35. The van der Waals surface area contributed by atoms with Gasteiger partial charge in [0.25, 0.3) is 0 Å². The Kier molecular flexibility index (Phi) is 6.00. The maximum Gasteiger partial charge on any atom is 0.407 e. The topological polar surface area (TPSA) is 71.3 Å². The standard InChI is InChI=1S/C26H22N2O3/c1-30-25-13-12-18(16-27)15-19(25)7-6-14-28-26(29)31-17-24-22-10-4-2-8-20(22)21-9-3-5-11-23(21)24/h2-13,15,24H,14,17H2,1H3,(H,28,29). The van der Waals surface area contributed by atoms with Gasteiger partial charge in [-0.2, -0.15) is 5.26 Å². The number of hydrogen-bond acceptors (Lipinski definition) is 4. The molecule has 0 aromatic heterocycles. The third-order valence-corrected chi connectivity index (χ3v) is 5.36. The molecule has 154 valence electrons. The van der Waals surface area contributed by atoms with Gasteiger partial charge in [-0.05, 0) is 40.5 Å². The quantitative estimate of drug-likeness (QED) is 0.612. The van der Waals surface area contributed by atoms with Gasteiger partial charge in [-0.1, -0.05) is 60.7 Å². The van der Waals surface area contributed by atoms with E-state index in [9.17, 15) is 4.79 Å². The molecule has 0 radical (unpaired) electrons. The van der Waals surface area contributed by atoms with Crippen LogP contribution in [0.1, 0.15) is 28.2 Å². The van der Waals surface area contributed by atoms with Gasteiger partial charge in [-0.3, -0.25) is 0 Å². The van der Waals surface area contributed by atoms with E-state index in [0.29, 0.717) is 17.9 Å². The van der Waals surface area contributed by atoms with Gasteiger partial charge in [0.15, 0.2) is 0 Å². The number of nitrogens with one attached hydrogen (secondary N) is 1. The SMILES string of the molecule is COc1ccc(C#N)cc1C=CCNC(=O)OCC1c2ccccc2-c2ccccc21. The van der Waals surface area contributed by atoms with Crippen molar-refractivity contribution in [2.75, 3.05) is 20.3 Å². The Morgan fingerprint density at radius 1 is 1.06 bits per heavy atom. The Morgan fingerprint density at radius 2 is 1.74 bits per heavy atom. The number of carbonyl (C=O) groups excluding carboxylic acids is 1. The van der Waals surface area contributed by atoms with Crippen molar-refractivity contribution < 1.29 is 14.3 Å². The number of methoxy groups -OCH3 is 1. The number of rotatable bonds is 6. The molecule has 0 atom stereocenters. The molecule has 0 heterocycles. The molecule has 1 N–H and O–H groups in total. The lowest BCUT2D eigenvalue weighted by molar-refractivity contribution is 0.144. The molecule has 31 heavy (non-hydrogen) atoms. The van der Waals surface area contributed by atoms with Crippen LogP contribution in [0.15, 0.2) is 72.8 Å². The van der Waals surface area contributed by atoms with Crippen molar-refractivity contribution in [2.24, 2.45) is 0 Å². The average molecular weight is 410 g/mol. The summed E-state index contributed by atoms with van der Waals surface area (Å²) in [5.41, 5.74) is 6.08. The maximum absolute atomic E-state index is 12.2. The molecule has 1 amide bonds. The highest BCUT2D eigenvalue weighted by Crippen LogP contribution is 2.44. The van der Waals surface area contributed by atoms with Crippen molar-refractivity contribution in [3.63, 3.8) is 0 Å². The number of fused-ring (bicyclic) bond motifs is 3. The van der Waals surface area contributed by atoms with Crippen LogP contribution < -0.4 is 10.1 Å². The van der Waals surface area contributed by atoms with Crippen molar-refractivity contribution >= 4 is 12.2 Å². The first-order valence-corrected chi connectivity index (χ1v) is 10.0. The normalized spacial score (nSPS) is 12.1. The van der Waals surface area contributed by atoms with Gasteiger partial charge in [0.1, 0.15) is 12.4 Å². The van der Waals surface area contributed by atoms with Crippen molar-refractivity contribution in [2.45, 2.75) is 5.92 Å². The number of alkyl carbamates (subject to hydrolysis) is 1. The fourth-order valence-electron chi connectivity index (χ4n) is 3.91. The molecule has 0 spiro atoms. The Morgan fingerprint density at radius 3 is 2.39 bits per heavy atom. The smallest absolute Gasteiger partial charge is 0.407 e. The number of hydrogen-bond donors (Lipinski definition) is 1. The fraction of sp³-hybridized carbons (Fsp3) is 0.154. The van der Waals surface area contributed by atoms with E-state index in [1.54, 1.807) is 31.4 Å². The minimum absolute atomic E-state index is 0.0340. The van der Waals surface area contributed by atoms with Crippen molar-refractivity contribution in [1.82, 2.24) is 5.32 Å². The zero-order valence-electron chi connectivity index (χ0n) is 17.2. The van der Waals surface area contributed by atoms with E-state index >= 15 is 0 Å². The van der Waals surface area contributed by atoms with E-state index < -0.39 is 6.09 Å². The molecule has 0 saturated heterocycles. The highest BCUT2D eigenvalue weighted by Gasteiger charge is 2.28. The molecule has 3 aromatic rings. The lowest BCUT2D eigenvalue weighted by Gasteiger charge is -2.14. The van der Waals surface area contributed by atoms with Crippen LogP contribution >= 0.6 is 0 Å². The van der Waals surface area contributed by atoms with Gasteiger partial charge in [0, 0.05) is 18.0 Å². The number of nitriles is 1. The highest BCUT2D eigenvalue weighted by atomic mass is 16.5. The highest BCUT2D eigenvalue weighted by molar-refractivity contribution is 5.79. The van der Waals surface area contributed by atoms with Gasteiger partial charge >= 0.3 is 6.09 Å². The number of carbonyl (C=O) groups is 1. The molecule has 0 bridgehead atoms. The van der Waals surface area contributed by atoms with E-state index in [-0.39, 0.29) is 12.5 Å². The van der Waals surface area contributed by atoms with Crippen molar-refractivity contribution in [1.29, 1.82) is 5.26 Å². The summed E-state index contributed by atoms with van der Waals surface area (Å²) in [5, 5.41) is 11.8. The van der Waals surface area contributed by atoms with E-state index in [0.717, 1.165) is 5.56 Å². The van der Waals surface area contributed by atoms with E-state index in [2.05, 4.69) is 35.7 Å². The Labute approximate surface area is 181 Å². The van der Waals surface area contributed by atoms with Crippen molar-refractivity contribution in [3.05, 3.63) is 95.1 Å². The van der Waals surface area contributed by atoms with Crippen LogP contribution in [0.4, 0.5) is 4.79 Å². The number of benzene rings is 3. The van der Waals surface area contributed by atoms with Crippen molar-refractivity contribution in [3.8, 4) is 22.9 Å². The van der Waals surface area contributed by atoms with Crippen LogP contribution in [0.5, 0.6) is 5.75 Å². The van der Waals surface area contributed by atoms with Gasteiger partial charge in [-0.15, -0.1) is 0 Å². The maximum atomic E-state index is 12.2. The molecule has 3 aromatic carbocycles. The van der Waals surface area contributed by atoms with Crippen LogP contribution in [0, 0.1) is 11.3 Å². The zero-order chi connectivity index (χ0) is 21.6. The van der Waals surface area contributed by atoms with E-state index in [4.69, 9.17) is 14.7 Å². The Hall–Kier alpha value is -4.04. The second-order valence-corrected chi connectivity index (χ2v) is 7.18. The summed E-state index contributed by atoms with van der Waals surface area (Å²) in [7, 11) is 1.58. The van der Waals surface area contributed by atoms with Gasteiger partial charge in [0.05, 0.1) is 18.7 Å². The minimum atomic E-state index is -0.468. The summed E-state index contributed by atoms with van der Waals surface area (Å²) >= 11 is 0. The average Bonchev–Trinajstić information content (AvgIpc) is 3.14. The molecular weight excluding hydrogens is 388 g/mol. The number of nitrogens with zero attached hydrogens (tertiary/aromatic N) is 1. The summed E-state index contributed by atoms with van der Waals surface area (Å²) in [6.07, 6.45) is 3.13. The molecule has 1 aliphatic rings. The molecule has 0 saturated carbocycles. The Bertz CT molecular complexity index is 1130. The first-order chi connectivity index (χ1) is 15.2. The van der Waals surface area contributed by atoms with Crippen LogP contribution in [0.3, 0.4) is 0 Å². The minimum Gasteiger partial charge on any atom is -0.496 e. The molecule has 0 aliphatic heterocycles. The summed E-state index contributed by atoms with van der Waals surface area (Å²) in [4.78, 5) is 12.2. The van der Waals surface area contributed by atoms with Crippen LogP contribution in [0.25, 0.3) is 17.2 Å². The van der Waals surface area contributed by atoms with Gasteiger partial charge in [-0.25, -0.2) is 4.79 Å². The summed E-state index contributed by atoms with van der Waals surface area (Å²) < 4.78 is 10.8. The van der Waals surface area contributed by atoms with E-state index in [1.807, 2.05) is 30.3 Å². The van der Waals surface area contributed by atoms with Gasteiger partial charge in [0.2, 0.25) is 0 Å². The third kappa shape index (κ3) is 4.29. The molecule has 5 nitrogen and oxygen atoms in total. The van der Waals surface area contributed by atoms with Crippen LogP contribution in [-0.2, 0) is 4.74 Å². The molecule has 0 unspecified atom stereocenters. The van der Waals surface area contributed by atoms with Crippen LogP contribution in [0.2, 0.25) is 0 Å². The lowest BCUT2D eigenvalue weighted by Crippen LogP contribution is -2.26. The fourth-order valence-corrected chi connectivity index (χ4v) is 3.91. The molecule has 4 rings (SSSR count). The monoisotopic (exact) mass is 410 g/mol. The second kappa shape index (κ2) is 9.19. The summed E-state index contributed by atoms with van der Waals surface area (Å²) in [5.74, 6) is 0.697. The number of amides is 1. The predicted octanol–water partition coefficient (Wildman–Crippen LogP) is 5.12. The van der Waals surface area contributed by atoms with Crippen LogP contribution in [-0.4, -0.2) is 26.4 Å². The predicted molar refractivity (Wildman–Crippen MR) is 120 cm³/mol. The third-order valence-electron chi connectivity index (χ3n) is 5.36. The second-order valence-electron chi connectivity index (χ2n) is 7.18. The summed E-state index contributed by atoms with van der Waals surface area (Å²) in [6, 6.07) is 23.8.